The maximum absolute atomic E-state index is 14.1. The number of hydrogen-bond acceptors (Lipinski definition) is 3. The average Bonchev–Trinajstić information content (AvgIpc) is 3.13. The van der Waals surface area contributed by atoms with Crippen LogP contribution in [0.15, 0.2) is 42.5 Å². The standard InChI is InChI=1S/C26H31F2N3O3/c1-16(2)25(26(34)29-14-18-9-7-17(3)8-10-18)30-22(32)13-20-11-12-23(33)31(20)15-19-5-4-6-21(27)24(19)28/h4-10,16,20,25H,11-15H2,1-3H3,(H,29,34)(H,30,32)/t20-,25?/m0/s1. The largest absolute Gasteiger partial charge is 0.350 e. The molecular weight excluding hydrogens is 440 g/mol. The summed E-state index contributed by atoms with van der Waals surface area (Å²) in [6.07, 6.45) is 0.659. The minimum absolute atomic E-state index is 0.0167. The molecule has 2 atom stereocenters. The van der Waals surface area contributed by atoms with Crippen LogP contribution in [0.25, 0.3) is 0 Å². The molecule has 1 fully saturated rings. The maximum Gasteiger partial charge on any atom is 0.243 e. The minimum Gasteiger partial charge on any atom is -0.350 e. The molecule has 2 aromatic carbocycles. The van der Waals surface area contributed by atoms with Crippen LogP contribution < -0.4 is 10.6 Å². The van der Waals surface area contributed by atoms with E-state index in [9.17, 15) is 23.2 Å². The molecule has 2 N–H and O–H groups in total. The van der Waals surface area contributed by atoms with Crippen LogP contribution in [0, 0.1) is 24.5 Å². The maximum atomic E-state index is 14.1. The Morgan fingerprint density at radius 2 is 1.82 bits per heavy atom. The Bertz CT molecular complexity index is 1040. The number of amides is 3. The third kappa shape index (κ3) is 6.40. The number of carbonyl (C=O) groups excluding carboxylic acids is 3. The highest BCUT2D eigenvalue weighted by Gasteiger charge is 2.34. The van der Waals surface area contributed by atoms with E-state index in [0.717, 1.165) is 17.2 Å². The normalized spacial score (nSPS) is 16.6. The molecule has 6 nitrogen and oxygen atoms in total. The first kappa shape index (κ1) is 25.3. The van der Waals surface area contributed by atoms with Crippen molar-refractivity contribution in [3.8, 4) is 0 Å². The van der Waals surface area contributed by atoms with Crippen molar-refractivity contribution in [1.29, 1.82) is 0 Å². The van der Waals surface area contributed by atoms with Crippen molar-refractivity contribution < 1.29 is 23.2 Å². The fourth-order valence-electron chi connectivity index (χ4n) is 4.06. The molecule has 182 valence electrons. The van der Waals surface area contributed by atoms with Gasteiger partial charge in [-0.1, -0.05) is 55.8 Å². The van der Waals surface area contributed by atoms with Crippen molar-refractivity contribution in [3.63, 3.8) is 0 Å². The fourth-order valence-corrected chi connectivity index (χ4v) is 4.06. The molecule has 1 heterocycles. The Hall–Kier alpha value is -3.29. The van der Waals surface area contributed by atoms with E-state index in [1.54, 1.807) is 0 Å². The van der Waals surface area contributed by atoms with E-state index < -0.39 is 23.7 Å². The minimum atomic E-state index is -0.990. The fraction of sp³-hybridized carbons (Fsp3) is 0.423. The lowest BCUT2D eigenvalue weighted by Crippen LogP contribution is -2.50. The number of hydrogen-bond donors (Lipinski definition) is 2. The average molecular weight is 472 g/mol. The van der Waals surface area contributed by atoms with Gasteiger partial charge in [-0.2, -0.15) is 0 Å². The van der Waals surface area contributed by atoms with Gasteiger partial charge >= 0.3 is 0 Å². The highest BCUT2D eigenvalue weighted by Crippen LogP contribution is 2.25. The summed E-state index contributed by atoms with van der Waals surface area (Å²) in [4.78, 5) is 39.3. The van der Waals surface area contributed by atoms with Gasteiger partial charge in [-0.25, -0.2) is 8.78 Å². The van der Waals surface area contributed by atoms with Gasteiger partial charge in [-0.15, -0.1) is 0 Å². The van der Waals surface area contributed by atoms with Crippen LogP contribution in [0.4, 0.5) is 8.78 Å². The predicted molar refractivity (Wildman–Crippen MR) is 124 cm³/mol. The molecule has 34 heavy (non-hydrogen) atoms. The van der Waals surface area contributed by atoms with Crippen LogP contribution in [0.3, 0.4) is 0 Å². The smallest absolute Gasteiger partial charge is 0.243 e. The molecule has 1 unspecified atom stereocenters. The molecule has 0 aromatic heterocycles. The first-order valence-corrected chi connectivity index (χ1v) is 11.5. The van der Waals surface area contributed by atoms with Gasteiger partial charge in [-0.05, 0) is 30.9 Å². The molecule has 0 spiro atoms. The Kier molecular flexibility index (Phi) is 8.36. The summed E-state index contributed by atoms with van der Waals surface area (Å²) in [5, 5.41) is 5.65. The number of carbonyl (C=O) groups is 3. The molecular formula is C26H31F2N3O3. The zero-order valence-electron chi connectivity index (χ0n) is 19.7. The van der Waals surface area contributed by atoms with E-state index in [1.165, 1.54) is 17.0 Å². The van der Waals surface area contributed by atoms with Crippen molar-refractivity contribution in [1.82, 2.24) is 15.5 Å². The SMILES string of the molecule is Cc1ccc(CNC(=O)C(NC(=O)C[C@@H]2CCC(=O)N2Cc2cccc(F)c2F)C(C)C)cc1. The predicted octanol–water partition coefficient (Wildman–Crippen LogP) is 3.61. The van der Waals surface area contributed by atoms with Crippen LogP contribution in [-0.4, -0.2) is 34.7 Å². The molecule has 3 rings (SSSR count). The van der Waals surface area contributed by atoms with Crippen LogP contribution in [0.2, 0.25) is 0 Å². The van der Waals surface area contributed by atoms with E-state index in [-0.39, 0.29) is 48.6 Å². The third-order valence-electron chi connectivity index (χ3n) is 6.10. The van der Waals surface area contributed by atoms with Gasteiger partial charge < -0.3 is 15.5 Å². The zero-order chi connectivity index (χ0) is 24.8. The van der Waals surface area contributed by atoms with Crippen LogP contribution in [0.1, 0.15) is 49.8 Å². The number of rotatable bonds is 9. The molecule has 1 aliphatic heterocycles. The van der Waals surface area contributed by atoms with Crippen LogP contribution in [0.5, 0.6) is 0 Å². The van der Waals surface area contributed by atoms with E-state index >= 15 is 0 Å². The first-order chi connectivity index (χ1) is 16.2. The monoisotopic (exact) mass is 471 g/mol. The van der Waals surface area contributed by atoms with Gasteiger partial charge in [0.15, 0.2) is 11.6 Å². The second-order valence-electron chi connectivity index (χ2n) is 9.12. The van der Waals surface area contributed by atoms with Gasteiger partial charge in [-0.3, -0.25) is 14.4 Å². The van der Waals surface area contributed by atoms with Crippen molar-refractivity contribution >= 4 is 17.7 Å². The lowest BCUT2D eigenvalue weighted by molar-refractivity contribution is -0.132. The summed E-state index contributed by atoms with van der Waals surface area (Å²) in [5.74, 6) is -2.98. The summed E-state index contributed by atoms with van der Waals surface area (Å²) in [6.45, 7) is 5.91. The Morgan fingerprint density at radius 3 is 2.50 bits per heavy atom. The number of halogens is 2. The van der Waals surface area contributed by atoms with Gasteiger partial charge in [0.1, 0.15) is 6.04 Å². The summed E-state index contributed by atoms with van der Waals surface area (Å²) >= 11 is 0. The Morgan fingerprint density at radius 1 is 1.12 bits per heavy atom. The zero-order valence-corrected chi connectivity index (χ0v) is 19.7. The first-order valence-electron chi connectivity index (χ1n) is 11.5. The van der Waals surface area contributed by atoms with Crippen molar-refractivity contribution in [3.05, 3.63) is 70.8 Å². The van der Waals surface area contributed by atoms with Gasteiger partial charge in [0.2, 0.25) is 17.7 Å². The molecule has 1 saturated heterocycles. The van der Waals surface area contributed by atoms with E-state index in [4.69, 9.17) is 0 Å². The number of aryl methyl sites for hydroxylation is 1. The second-order valence-corrected chi connectivity index (χ2v) is 9.12. The van der Waals surface area contributed by atoms with Gasteiger partial charge in [0.05, 0.1) is 0 Å². The number of benzene rings is 2. The Balaban J connectivity index is 1.59. The molecule has 0 aliphatic carbocycles. The molecule has 0 radical (unpaired) electrons. The molecule has 0 bridgehead atoms. The highest BCUT2D eigenvalue weighted by atomic mass is 19.2. The summed E-state index contributed by atoms with van der Waals surface area (Å²) < 4.78 is 27.7. The van der Waals surface area contributed by atoms with E-state index in [2.05, 4.69) is 10.6 Å². The van der Waals surface area contributed by atoms with Crippen LogP contribution in [-0.2, 0) is 27.5 Å². The Labute approximate surface area is 198 Å². The van der Waals surface area contributed by atoms with Gasteiger partial charge in [0.25, 0.3) is 0 Å². The molecule has 8 heteroatoms. The summed E-state index contributed by atoms with van der Waals surface area (Å²) in [6, 6.07) is 10.5. The van der Waals surface area contributed by atoms with Gasteiger partial charge in [0, 0.05) is 37.5 Å². The lowest BCUT2D eigenvalue weighted by atomic mass is 10.0. The van der Waals surface area contributed by atoms with Crippen molar-refractivity contribution in [2.45, 2.75) is 65.2 Å². The molecule has 0 saturated carbocycles. The van der Waals surface area contributed by atoms with E-state index in [0.29, 0.717) is 13.0 Å². The van der Waals surface area contributed by atoms with Crippen LogP contribution >= 0.6 is 0 Å². The molecule has 2 aromatic rings. The van der Waals surface area contributed by atoms with Crippen molar-refractivity contribution in [2.24, 2.45) is 5.92 Å². The third-order valence-corrected chi connectivity index (χ3v) is 6.10. The molecule has 3 amide bonds. The quantitative estimate of drug-likeness (QED) is 0.587. The highest BCUT2D eigenvalue weighted by molar-refractivity contribution is 5.88. The number of nitrogens with one attached hydrogen (secondary N) is 2. The topological polar surface area (TPSA) is 78.5 Å². The lowest BCUT2D eigenvalue weighted by Gasteiger charge is -2.27. The summed E-state index contributed by atoms with van der Waals surface area (Å²) in [7, 11) is 0. The number of nitrogens with zero attached hydrogens (tertiary/aromatic N) is 1. The molecule has 1 aliphatic rings. The second kappa shape index (κ2) is 11.2. The van der Waals surface area contributed by atoms with Crippen molar-refractivity contribution in [2.75, 3.05) is 0 Å². The summed E-state index contributed by atoms with van der Waals surface area (Å²) in [5.41, 5.74) is 2.15. The number of likely N-dealkylation sites (tertiary alicyclic amines) is 1. The van der Waals surface area contributed by atoms with E-state index in [1.807, 2.05) is 45.0 Å².